The summed E-state index contributed by atoms with van der Waals surface area (Å²) in [5.41, 5.74) is 3.56. The molecule has 0 fully saturated rings. The standard InChI is InChI=1S/C17H18OS/c1-13-6-8-17(9-7-13)19-12-16(18)11-15-5-3-4-14(2)10-15/h3-10H,11-12H2,1-2H3. The number of benzene rings is 2. The normalized spacial score (nSPS) is 10.4. The van der Waals surface area contributed by atoms with Crippen LogP contribution < -0.4 is 0 Å². The molecule has 0 unspecified atom stereocenters. The van der Waals surface area contributed by atoms with E-state index in [-0.39, 0.29) is 5.78 Å². The van der Waals surface area contributed by atoms with Crippen molar-refractivity contribution >= 4 is 17.5 Å². The van der Waals surface area contributed by atoms with Crippen molar-refractivity contribution in [3.63, 3.8) is 0 Å². The molecule has 2 rings (SSSR count). The Morgan fingerprint density at radius 2 is 1.74 bits per heavy atom. The van der Waals surface area contributed by atoms with Crippen LogP contribution >= 0.6 is 11.8 Å². The fourth-order valence-corrected chi connectivity index (χ4v) is 2.66. The zero-order chi connectivity index (χ0) is 13.7. The second kappa shape index (κ2) is 6.58. The molecule has 0 aliphatic heterocycles. The Balaban J connectivity index is 1.86. The van der Waals surface area contributed by atoms with E-state index in [1.54, 1.807) is 11.8 Å². The minimum absolute atomic E-state index is 0.274. The summed E-state index contributed by atoms with van der Waals surface area (Å²) in [6.07, 6.45) is 0.528. The van der Waals surface area contributed by atoms with E-state index in [1.165, 1.54) is 11.1 Å². The van der Waals surface area contributed by atoms with Gasteiger partial charge < -0.3 is 0 Å². The van der Waals surface area contributed by atoms with Gasteiger partial charge in [-0.2, -0.15) is 0 Å². The van der Waals surface area contributed by atoms with E-state index in [2.05, 4.69) is 50.2 Å². The van der Waals surface area contributed by atoms with Gasteiger partial charge in [0.25, 0.3) is 0 Å². The second-order valence-electron chi connectivity index (χ2n) is 4.81. The Morgan fingerprint density at radius 1 is 1.00 bits per heavy atom. The predicted octanol–water partition coefficient (Wildman–Crippen LogP) is 4.21. The fraction of sp³-hybridized carbons (Fsp3) is 0.235. The van der Waals surface area contributed by atoms with Gasteiger partial charge in [0.2, 0.25) is 0 Å². The van der Waals surface area contributed by atoms with Crippen LogP contribution in [-0.4, -0.2) is 11.5 Å². The van der Waals surface area contributed by atoms with Crippen molar-refractivity contribution in [2.75, 3.05) is 5.75 Å². The molecule has 0 atom stereocenters. The van der Waals surface area contributed by atoms with Crippen LogP contribution in [0.2, 0.25) is 0 Å². The van der Waals surface area contributed by atoms with Crippen molar-refractivity contribution in [3.05, 3.63) is 65.2 Å². The summed E-state index contributed by atoms with van der Waals surface area (Å²) in [6, 6.07) is 16.4. The highest BCUT2D eigenvalue weighted by Crippen LogP contribution is 2.19. The summed E-state index contributed by atoms with van der Waals surface area (Å²) < 4.78 is 0. The quantitative estimate of drug-likeness (QED) is 0.757. The summed E-state index contributed by atoms with van der Waals surface area (Å²) in [5.74, 6) is 0.813. The third-order valence-electron chi connectivity index (χ3n) is 2.90. The van der Waals surface area contributed by atoms with Crippen molar-refractivity contribution in [2.24, 2.45) is 0 Å². The molecule has 0 aliphatic rings. The highest BCUT2D eigenvalue weighted by atomic mass is 32.2. The SMILES string of the molecule is Cc1ccc(SCC(=O)Cc2cccc(C)c2)cc1. The van der Waals surface area contributed by atoms with Crippen LogP contribution in [0.1, 0.15) is 16.7 Å². The van der Waals surface area contributed by atoms with Gasteiger partial charge >= 0.3 is 0 Å². The third kappa shape index (κ3) is 4.56. The minimum atomic E-state index is 0.274. The molecule has 0 aliphatic carbocycles. The third-order valence-corrected chi connectivity index (χ3v) is 3.98. The maximum absolute atomic E-state index is 11.9. The first-order valence-electron chi connectivity index (χ1n) is 6.40. The number of Topliss-reactive ketones (excluding diaryl/α,β-unsaturated/α-hetero) is 1. The molecule has 98 valence electrons. The molecule has 2 heteroatoms. The molecule has 0 heterocycles. The van der Waals surface area contributed by atoms with Gasteiger partial charge in [-0.1, -0.05) is 47.5 Å². The van der Waals surface area contributed by atoms with Crippen molar-refractivity contribution in [3.8, 4) is 0 Å². The van der Waals surface area contributed by atoms with E-state index in [9.17, 15) is 4.79 Å². The van der Waals surface area contributed by atoms with Crippen molar-refractivity contribution in [2.45, 2.75) is 25.2 Å². The summed E-state index contributed by atoms with van der Waals surface area (Å²) in [6.45, 7) is 4.12. The number of ketones is 1. The highest BCUT2D eigenvalue weighted by molar-refractivity contribution is 8.00. The van der Waals surface area contributed by atoms with Crippen LogP contribution in [-0.2, 0) is 11.2 Å². The van der Waals surface area contributed by atoms with Crippen molar-refractivity contribution in [1.29, 1.82) is 0 Å². The topological polar surface area (TPSA) is 17.1 Å². The average molecular weight is 270 g/mol. The first-order chi connectivity index (χ1) is 9.13. The number of hydrogen-bond donors (Lipinski definition) is 0. The van der Waals surface area contributed by atoms with E-state index in [4.69, 9.17) is 0 Å². The Bertz CT molecular complexity index is 558. The summed E-state index contributed by atoms with van der Waals surface area (Å²) in [5, 5.41) is 0. The molecule has 0 bridgehead atoms. The lowest BCUT2D eigenvalue weighted by atomic mass is 10.1. The molecule has 2 aromatic rings. The first-order valence-corrected chi connectivity index (χ1v) is 7.39. The highest BCUT2D eigenvalue weighted by Gasteiger charge is 2.05. The molecule has 1 nitrogen and oxygen atoms in total. The van der Waals surface area contributed by atoms with Gasteiger partial charge in [-0.3, -0.25) is 4.79 Å². The Kier molecular flexibility index (Phi) is 4.80. The van der Waals surface area contributed by atoms with Gasteiger partial charge in [0.1, 0.15) is 5.78 Å². The molecule has 2 aromatic carbocycles. The van der Waals surface area contributed by atoms with Gasteiger partial charge in [0, 0.05) is 11.3 Å². The van der Waals surface area contributed by atoms with Crippen LogP contribution in [0, 0.1) is 13.8 Å². The lowest BCUT2D eigenvalue weighted by Crippen LogP contribution is -2.05. The zero-order valence-electron chi connectivity index (χ0n) is 11.3. The van der Waals surface area contributed by atoms with Gasteiger partial charge in [0.15, 0.2) is 0 Å². The summed E-state index contributed by atoms with van der Waals surface area (Å²) in [4.78, 5) is 13.1. The van der Waals surface area contributed by atoms with Gasteiger partial charge in [-0.05, 0) is 31.5 Å². The zero-order valence-corrected chi connectivity index (χ0v) is 12.2. The number of aryl methyl sites for hydroxylation is 2. The summed E-state index contributed by atoms with van der Waals surface area (Å²) >= 11 is 1.61. The largest absolute Gasteiger partial charge is 0.298 e. The predicted molar refractivity (Wildman–Crippen MR) is 81.8 cm³/mol. The Morgan fingerprint density at radius 3 is 2.42 bits per heavy atom. The van der Waals surface area contributed by atoms with E-state index in [1.807, 2.05) is 12.1 Å². The average Bonchev–Trinajstić information content (AvgIpc) is 2.38. The Hall–Kier alpha value is -1.54. The van der Waals surface area contributed by atoms with E-state index in [0.717, 1.165) is 10.5 Å². The van der Waals surface area contributed by atoms with Gasteiger partial charge in [-0.25, -0.2) is 0 Å². The molecule has 0 saturated carbocycles. The number of hydrogen-bond acceptors (Lipinski definition) is 2. The molecular formula is C17H18OS. The van der Waals surface area contributed by atoms with Crippen LogP contribution in [0.15, 0.2) is 53.4 Å². The van der Waals surface area contributed by atoms with Crippen LogP contribution in [0.5, 0.6) is 0 Å². The minimum Gasteiger partial charge on any atom is -0.298 e. The molecule has 0 N–H and O–H groups in total. The van der Waals surface area contributed by atoms with E-state index in [0.29, 0.717) is 12.2 Å². The lowest BCUT2D eigenvalue weighted by molar-refractivity contribution is -0.116. The molecule has 0 aromatic heterocycles. The summed E-state index contributed by atoms with van der Waals surface area (Å²) in [7, 11) is 0. The van der Waals surface area contributed by atoms with Crippen molar-refractivity contribution in [1.82, 2.24) is 0 Å². The molecule has 0 spiro atoms. The lowest BCUT2D eigenvalue weighted by Gasteiger charge is -2.03. The number of thioether (sulfide) groups is 1. The molecule has 0 saturated heterocycles. The smallest absolute Gasteiger partial charge is 0.147 e. The molecule has 0 radical (unpaired) electrons. The maximum atomic E-state index is 11.9. The number of rotatable bonds is 5. The first kappa shape index (κ1) is 13.9. The van der Waals surface area contributed by atoms with Gasteiger partial charge in [0.05, 0.1) is 5.75 Å². The maximum Gasteiger partial charge on any atom is 0.147 e. The van der Waals surface area contributed by atoms with Crippen molar-refractivity contribution < 1.29 is 4.79 Å². The van der Waals surface area contributed by atoms with E-state index < -0.39 is 0 Å². The fourth-order valence-electron chi connectivity index (χ4n) is 1.90. The Labute approximate surface area is 119 Å². The second-order valence-corrected chi connectivity index (χ2v) is 5.85. The number of carbonyl (C=O) groups is 1. The monoisotopic (exact) mass is 270 g/mol. The van der Waals surface area contributed by atoms with Crippen LogP contribution in [0.3, 0.4) is 0 Å². The van der Waals surface area contributed by atoms with Crippen LogP contribution in [0.25, 0.3) is 0 Å². The van der Waals surface area contributed by atoms with Gasteiger partial charge in [-0.15, -0.1) is 11.8 Å². The molecule has 0 amide bonds. The number of carbonyl (C=O) groups excluding carboxylic acids is 1. The molecular weight excluding hydrogens is 252 g/mol. The van der Waals surface area contributed by atoms with E-state index >= 15 is 0 Å². The van der Waals surface area contributed by atoms with Crippen LogP contribution in [0.4, 0.5) is 0 Å². The molecule has 19 heavy (non-hydrogen) atoms.